The molecule has 2 saturated heterocycles. The van der Waals surface area contributed by atoms with E-state index in [4.69, 9.17) is 20.6 Å². The van der Waals surface area contributed by atoms with Gasteiger partial charge in [-0.15, -0.1) is 0 Å². The van der Waals surface area contributed by atoms with E-state index >= 15 is 0 Å². The Morgan fingerprint density at radius 1 is 1.08 bits per heavy atom. The van der Waals surface area contributed by atoms with E-state index in [2.05, 4.69) is 22.9 Å². The standard InChI is InChI=1S/C26H32FN7O2/c1-31-9-4-5-11-36-22-8-7-17(27)12-19(22)26(35)33-10-3-2-6-21(33)20-13-24-29-23(32-15-18(28)16-32)14-25(31)34(24)30-20/h7-8,12-14,18,21H,2-6,9-11,15-16,28H2,1H3. The van der Waals surface area contributed by atoms with Crippen molar-refractivity contribution in [3.8, 4) is 5.75 Å². The lowest BCUT2D eigenvalue weighted by Gasteiger charge is -2.38. The zero-order valence-electron chi connectivity index (χ0n) is 20.6. The molecule has 1 atom stereocenters. The number of carbonyl (C=O) groups is 1. The Morgan fingerprint density at radius 2 is 1.92 bits per heavy atom. The largest absolute Gasteiger partial charge is 0.493 e. The number of aromatic nitrogens is 3. The van der Waals surface area contributed by atoms with Crippen molar-refractivity contribution in [1.29, 1.82) is 0 Å². The number of fused-ring (bicyclic) bond motifs is 4. The highest BCUT2D eigenvalue weighted by atomic mass is 19.1. The summed E-state index contributed by atoms with van der Waals surface area (Å²) in [5, 5.41) is 4.98. The van der Waals surface area contributed by atoms with Crippen LogP contribution in [0.1, 0.15) is 54.2 Å². The number of rotatable bonds is 1. The van der Waals surface area contributed by atoms with Gasteiger partial charge < -0.3 is 25.2 Å². The van der Waals surface area contributed by atoms with Gasteiger partial charge in [0.2, 0.25) is 0 Å². The van der Waals surface area contributed by atoms with E-state index in [-0.39, 0.29) is 23.6 Å². The molecule has 1 aromatic carbocycles. The fraction of sp³-hybridized carbons (Fsp3) is 0.500. The molecule has 2 bridgehead atoms. The van der Waals surface area contributed by atoms with Crippen LogP contribution in [0.5, 0.6) is 5.75 Å². The summed E-state index contributed by atoms with van der Waals surface area (Å²) in [6.07, 6.45) is 4.37. The maximum atomic E-state index is 14.2. The average molecular weight is 494 g/mol. The summed E-state index contributed by atoms with van der Waals surface area (Å²) in [4.78, 5) is 24.9. The van der Waals surface area contributed by atoms with Crippen LogP contribution < -0.4 is 20.3 Å². The highest BCUT2D eigenvalue weighted by Crippen LogP contribution is 2.35. The first kappa shape index (κ1) is 23.0. The Morgan fingerprint density at radius 3 is 2.75 bits per heavy atom. The Bertz CT molecular complexity index is 1290. The van der Waals surface area contributed by atoms with Gasteiger partial charge in [0.25, 0.3) is 5.91 Å². The summed E-state index contributed by atoms with van der Waals surface area (Å²) < 4.78 is 22.1. The first-order chi connectivity index (χ1) is 17.5. The number of anilines is 2. The van der Waals surface area contributed by atoms with Crippen LogP contribution in [0.4, 0.5) is 16.0 Å². The van der Waals surface area contributed by atoms with Crippen molar-refractivity contribution in [2.45, 2.75) is 44.2 Å². The number of amides is 1. The number of nitrogens with two attached hydrogens (primary N) is 1. The third kappa shape index (κ3) is 4.13. The molecule has 0 aliphatic carbocycles. The molecule has 2 aromatic heterocycles. The van der Waals surface area contributed by atoms with Gasteiger partial charge in [-0.2, -0.15) is 9.61 Å². The molecule has 3 aliphatic rings. The number of nitrogens with zero attached hydrogens (tertiary/aromatic N) is 6. The van der Waals surface area contributed by atoms with Gasteiger partial charge in [0, 0.05) is 51.4 Å². The summed E-state index contributed by atoms with van der Waals surface area (Å²) in [5.74, 6) is 1.61. The molecule has 9 nitrogen and oxygen atoms in total. The van der Waals surface area contributed by atoms with E-state index in [0.29, 0.717) is 18.9 Å². The normalized spacial score (nSPS) is 21.5. The molecule has 3 aromatic rings. The number of hydrogen-bond donors (Lipinski definition) is 1. The molecule has 5 heterocycles. The van der Waals surface area contributed by atoms with Crippen molar-refractivity contribution < 1.29 is 13.9 Å². The number of piperidine rings is 1. The lowest BCUT2D eigenvalue weighted by Crippen LogP contribution is -2.56. The van der Waals surface area contributed by atoms with Crippen LogP contribution in [-0.4, -0.2) is 71.3 Å². The van der Waals surface area contributed by atoms with Crippen molar-refractivity contribution in [3.63, 3.8) is 0 Å². The number of hydrogen-bond acceptors (Lipinski definition) is 7. The minimum atomic E-state index is -0.446. The Hall–Kier alpha value is -3.40. The van der Waals surface area contributed by atoms with Crippen LogP contribution >= 0.6 is 0 Å². The Labute approximate surface area is 209 Å². The number of carbonyl (C=O) groups excluding carboxylic acids is 1. The van der Waals surface area contributed by atoms with Gasteiger partial charge in [0.15, 0.2) is 5.65 Å². The monoisotopic (exact) mass is 493 g/mol. The average Bonchev–Trinajstić information content (AvgIpc) is 3.29. The Balaban J connectivity index is 1.46. The second-order valence-corrected chi connectivity index (χ2v) is 10.1. The van der Waals surface area contributed by atoms with E-state index in [0.717, 1.165) is 74.7 Å². The molecule has 0 saturated carbocycles. The predicted molar refractivity (Wildman–Crippen MR) is 135 cm³/mol. The molecule has 1 unspecified atom stereocenters. The van der Waals surface area contributed by atoms with Gasteiger partial charge in [-0.05, 0) is 50.3 Å². The summed E-state index contributed by atoms with van der Waals surface area (Å²) in [6, 6.07) is 8.23. The first-order valence-electron chi connectivity index (χ1n) is 12.8. The van der Waals surface area contributed by atoms with Crippen LogP contribution in [0.15, 0.2) is 30.3 Å². The van der Waals surface area contributed by atoms with Crippen LogP contribution in [0.25, 0.3) is 5.65 Å². The molecule has 0 spiro atoms. The molecule has 10 heteroatoms. The van der Waals surface area contributed by atoms with Crippen LogP contribution in [0, 0.1) is 5.82 Å². The lowest BCUT2D eigenvalue weighted by molar-refractivity contribution is 0.0601. The highest BCUT2D eigenvalue weighted by molar-refractivity contribution is 5.97. The number of halogens is 1. The van der Waals surface area contributed by atoms with Crippen molar-refractivity contribution in [2.75, 3.05) is 49.6 Å². The Kier molecular flexibility index (Phi) is 5.91. The molecule has 2 N–H and O–H groups in total. The third-order valence-corrected chi connectivity index (χ3v) is 7.46. The zero-order chi connectivity index (χ0) is 24.8. The van der Waals surface area contributed by atoms with Gasteiger partial charge in [-0.3, -0.25) is 4.79 Å². The molecular formula is C26H32FN7O2. The third-order valence-electron chi connectivity index (χ3n) is 7.46. The van der Waals surface area contributed by atoms with Gasteiger partial charge in [-0.25, -0.2) is 9.37 Å². The molecule has 1 amide bonds. The SMILES string of the molecule is CN1CCCCOc2ccc(F)cc2C(=O)N2CCCCC2c2cc3nc(N4CC(N)C4)cc1n3n2. The van der Waals surface area contributed by atoms with E-state index in [1.165, 1.54) is 12.1 Å². The number of ether oxygens (including phenoxy) is 1. The van der Waals surface area contributed by atoms with E-state index < -0.39 is 5.82 Å². The fourth-order valence-electron chi connectivity index (χ4n) is 5.44. The van der Waals surface area contributed by atoms with Gasteiger partial charge >= 0.3 is 0 Å². The van der Waals surface area contributed by atoms with Gasteiger partial charge in [0.1, 0.15) is 23.2 Å². The quantitative estimate of drug-likeness (QED) is 0.557. The molecule has 0 radical (unpaired) electrons. The summed E-state index contributed by atoms with van der Waals surface area (Å²) in [6.45, 7) is 3.42. The number of benzene rings is 1. The van der Waals surface area contributed by atoms with E-state index in [9.17, 15) is 9.18 Å². The van der Waals surface area contributed by atoms with Crippen molar-refractivity contribution in [2.24, 2.45) is 5.73 Å². The van der Waals surface area contributed by atoms with Crippen LogP contribution in [-0.2, 0) is 0 Å². The summed E-state index contributed by atoms with van der Waals surface area (Å²) in [5.41, 5.74) is 7.86. The van der Waals surface area contributed by atoms with E-state index in [1.807, 2.05) is 15.5 Å². The molecular weight excluding hydrogens is 461 g/mol. The smallest absolute Gasteiger partial charge is 0.258 e. The van der Waals surface area contributed by atoms with Crippen LogP contribution in [0.2, 0.25) is 0 Å². The van der Waals surface area contributed by atoms with Crippen molar-refractivity contribution in [3.05, 3.63) is 47.4 Å². The minimum absolute atomic E-state index is 0.171. The molecule has 6 rings (SSSR count). The lowest BCUT2D eigenvalue weighted by atomic mass is 9.98. The molecule has 36 heavy (non-hydrogen) atoms. The first-order valence-corrected chi connectivity index (χ1v) is 12.8. The maximum Gasteiger partial charge on any atom is 0.258 e. The van der Waals surface area contributed by atoms with Crippen molar-refractivity contribution >= 4 is 23.2 Å². The van der Waals surface area contributed by atoms with Crippen LogP contribution in [0.3, 0.4) is 0 Å². The van der Waals surface area contributed by atoms with Gasteiger partial charge in [0.05, 0.1) is 23.9 Å². The molecule has 2 fully saturated rings. The van der Waals surface area contributed by atoms with Crippen molar-refractivity contribution in [1.82, 2.24) is 19.5 Å². The van der Waals surface area contributed by atoms with E-state index in [1.54, 1.807) is 6.07 Å². The molecule has 3 aliphatic heterocycles. The molecule has 190 valence electrons. The fourth-order valence-corrected chi connectivity index (χ4v) is 5.44. The second-order valence-electron chi connectivity index (χ2n) is 10.1. The zero-order valence-corrected chi connectivity index (χ0v) is 20.6. The topological polar surface area (TPSA) is 92.2 Å². The second kappa shape index (κ2) is 9.24. The highest BCUT2D eigenvalue weighted by Gasteiger charge is 2.33. The predicted octanol–water partition coefficient (Wildman–Crippen LogP) is 2.99. The summed E-state index contributed by atoms with van der Waals surface area (Å²) >= 11 is 0. The maximum absolute atomic E-state index is 14.2. The summed E-state index contributed by atoms with van der Waals surface area (Å²) in [7, 11) is 2.06. The van der Waals surface area contributed by atoms with Gasteiger partial charge in [-0.1, -0.05) is 0 Å². The minimum Gasteiger partial charge on any atom is -0.493 e.